The number of carbonyl (C=O) groups excluding carboxylic acids is 1. The van der Waals surface area contributed by atoms with E-state index in [2.05, 4.69) is 27.9 Å². The summed E-state index contributed by atoms with van der Waals surface area (Å²) in [5, 5.41) is 3.36. The van der Waals surface area contributed by atoms with Gasteiger partial charge in [0.05, 0.1) is 10.6 Å². The minimum absolute atomic E-state index is 0.185. The predicted molar refractivity (Wildman–Crippen MR) is 88.0 cm³/mol. The van der Waals surface area contributed by atoms with Crippen molar-refractivity contribution < 1.29 is 4.79 Å². The van der Waals surface area contributed by atoms with E-state index in [1.54, 1.807) is 12.1 Å². The summed E-state index contributed by atoms with van der Waals surface area (Å²) in [6, 6.07) is 11.3. The van der Waals surface area contributed by atoms with Gasteiger partial charge in [-0.15, -0.1) is 0 Å². The van der Waals surface area contributed by atoms with Crippen LogP contribution in [0.15, 0.2) is 36.4 Å². The maximum Gasteiger partial charge on any atom is 0.257 e. The number of anilines is 1. The summed E-state index contributed by atoms with van der Waals surface area (Å²) in [6.45, 7) is 3.99. The minimum atomic E-state index is -0.185. The number of hydrogen-bond donors (Lipinski definition) is 1. The molecule has 0 aliphatic rings. The summed E-state index contributed by atoms with van der Waals surface area (Å²) in [5.74, 6) is -0.185. The van der Waals surface area contributed by atoms with E-state index in [1.807, 2.05) is 38.1 Å². The lowest BCUT2D eigenvalue weighted by atomic mass is 10.1. The Hall–Kier alpha value is -1.07. The van der Waals surface area contributed by atoms with Crippen LogP contribution in [0.4, 0.5) is 5.69 Å². The maximum atomic E-state index is 12.2. The Morgan fingerprint density at radius 1 is 1.16 bits per heavy atom. The third-order valence-electron chi connectivity index (χ3n) is 2.80. The smallest absolute Gasteiger partial charge is 0.257 e. The van der Waals surface area contributed by atoms with Crippen molar-refractivity contribution in [3.63, 3.8) is 0 Å². The molecule has 2 rings (SSSR count). The van der Waals surface area contributed by atoms with Gasteiger partial charge in [0.25, 0.3) is 5.91 Å². The first-order valence-corrected chi connectivity index (χ1v) is 7.26. The molecule has 0 saturated carbocycles. The molecule has 0 aliphatic carbocycles. The van der Waals surface area contributed by atoms with E-state index in [0.29, 0.717) is 10.6 Å². The number of rotatable bonds is 2. The van der Waals surface area contributed by atoms with Crippen LogP contribution in [0.5, 0.6) is 0 Å². The highest BCUT2D eigenvalue weighted by Gasteiger charge is 2.12. The zero-order chi connectivity index (χ0) is 14.0. The van der Waals surface area contributed by atoms with E-state index >= 15 is 0 Å². The van der Waals surface area contributed by atoms with E-state index in [9.17, 15) is 4.79 Å². The van der Waals surface area contributed by atoms with Crippen LogP contribution in [0.25, 0.3) is 0 Å². The van der Waals surface area contributed by atoms with Crippen molar-refractivity contribution in [1.82, 2.24) is 0 Å². The third kappa shape index (κ3) is 3.48. The van der Waals surface area contributed by atoms with Gasteiger partial charge in [-0.1, -0.05) is 29.3 Å². The van der Waals surface area contributed by atoms with Crippen LogP contribution in [-0.4, -0.2) is 5.91 Å². The molecule has 2 aromatic carbocycles. The Labute approximate surface area is 131 Å². The summed E-state index contributed by atoms with van der Waals surface area (Å²) in [5.41, 5.74) is 3.51. The first-order valence-electron chi connectivity index (χ1n) is 5.81. The highest BCUT2D eigenvalue weighted by Crippen LogP contribution is 2.22. The van der Waals surface area contributed by atoms with Gasteiger partial charge in [-0.2, -0.15) is 0 Å². The van der Waals surface area contributed by atoms with Gasteiger partial charge in [-0.3, -0.25) is 4.79 Å². The lowest BCUT2D eigenvalue weighted by Gasteiger charge is -2.10. The quantitative estimate of drug-likeness (QED) is 0.738. The standard InChI is InChI=1S/C15H13ClINO/c1-9-3-6-14(10(2)7-9)18-15(19)12-8-11(17)4-5-13(12)16/h3-8H,1-2H3,(H,18,19). The number of amides is 1. The van der Waals surface area contributed by atoms with Gasteiger partial charge in [0.15, 0.2) is 0 Å². The van der Waals surface area contributed by atoms with Gasteiger partial charge < -0.3 is 5.32 Å². The van der Waals surface area contributed by atoms with E-state index in [4.69, 9.17) is 11.6 Å². The average molecular weight is 386 g/mol. The van der Waals surface area contributed by atoms with Crippen LogP contribution in [-0.2, 0) is 0 Å². The van der Waals surface area contributed by atoms with Gasteiger partial charge >= 0.3 is 0 Å². The Bertz CT molecular complexity index is 640. The highest BCUT2D eigenvalue weighted by atomic mass is 127. The fourth-order valence-electron chi connectivity index (χ4n) is 1.81. The van der Waals surface area contributed by atoms with Gasteiger partial charge in [0.2, 0.25) is 0 Å². The second kappa shape index (κ2) is 5.92. The van der Waals surface area contributed by atoms with Crippen molar-refractivity contribution in [1.29, 1.82) is 0 Å². The molecule has 0 heterocycles. The molecule has 98 valence electrons. The fourth-order valence-corrected chi connectivity index (χ4v) is 2.51. The number of nitrogens with one attached hydrogen (secondary N) is 1. The zero-order valence-corrected chi connectivity index (χ0v) is 13.5. The van der Waals surface area contributed by atoms with Crippen molar-refractivity contribution in [2.24, 2.45) is 0 Å². The van der Waals surface area contributed by atoms with Gasteiger partial charge in [0, 0.05) is 9.26 Å². The molecule has 4 heteroatoms. The minimum Gasteiger partial charge on any atom is -0.322 e. The molecule has 19 heavy (non-hydrogen) atoms. The number of hydrogen-bond acceptors (Lipinski definition) is 1. The van der Waals surface area contributed by atoms with Crippen LogP contribution in [0.2, 0.25) is 5.02 Å². The van der Waals surface area contributed by atoms with E-state index in [-0.39, 0.29) is 5.91 Å². The van der Waals surface area contributed by atoms with Crippen LogP contribution in [0.3, 0.4) is 0 Å². The zero-order valence-electron chi connectivity index (χ0n) is 10.6. The maximum absolute atomic E-state index is 12.2. The molecule has 1 N–H and O–H groups in total. The van der Waals surface area contributed by atoms with Crippen molar-refractivity contribution >= 4 is 45.8 Å². The second-order valence-electron chi connectivity index (χ2n) is 4.40. The summed E-state index contributed by atoms with van der Waals surface area (Å²) >= 11 is 8.22. The van der Waals surface area contributed by atoms with Crippen LogP contribution in [0.1, 0.15) is 21.5 Å². The Morgan fingerprint density at radius 2 is 1.89 bits per heavy atom. The van der Waals surface area contributed by atoms with E-state index in [0.717, 1.165) is 14.8 Å². The Balaban J connectivity index is 2.28. The van der Waals surface area contributed by atoms with Crippen LogP contribution in [0, 0.1) is 17.4 Å². The molecule has 2 nitrogen and oxygen atoms in total. The molecular formula is C15H13ClINO. The topological polar surface area (TPSA) is 29.1 Å². The highest BCUT2D eigenvalue weighted by molar-refractivity contribution is 14.1. The Morgan fingerprint density at radius 3 is 2.58 bits per heavy atom. The lowest BCUT2D eigenvalue weighted by Crippen LogP contribution is -2.13. The molecular weight excluding hydrogens is 373 g/mol. The monoisotopic (exact) mass is 385 g/mol. The molecule has 0 unspecified atom stereocenters. The first-order chi connectivity index (χ1) is 8.97. The number of aryl methyl sites for hydroxylation is 2. The molecule has 0 aromatic heterocycles. The van der Waals surface area contributed by atoms with E-state index < -0.39 is 0 Å². The Kier molecular flexibility index (Phi) is 4.47. The predicted octanol–water partition coefficient (Wildman–Crippen LogP) is 4.81. The number of benzene rings is 2. The first kappa shape index (κ1) is 14.3. The summed E-state index contributed by atoms with van der Waals surface area (Å²) in [4.78, 5) is 12.2. The lowest BCUT2D eigenvalue weighted by molar-refractivity contribution is 0.102. The number of carbonyl (C=O) groups is 1. The average Bonchev–Trinajstić information content (AvgIpc) is 2.35. The van der Waals surface area contributed by atoms with Crippen molar-refractivity contribution in [2.45, 2.75) is 13.8 Å². The molecule has 0 spiro atoms. The van der Waals surface area contributed by atoms with Crippen LogP contribution >= 0.6 is 34.2 Å². The molecule has 0 saturated heterocycles. The molecule has 0 aliphatic heterocycles. The summed E-state index contributed by atoms with van der Waals surface area (Å²) in [7, 11) is 0. The largest absolute Gasteiger partial charge is 0.322 e. The molecule has 2 aromatic rings. The van der Waals surface area contributed by atoms with Gasteiger partial charge in [0.1, 0.15) is 0 Å². The van der Waals surface area contributed by atoms with Crippen LogP contribution < -0.4 is 5.32 Å². The molecule has 0 radical (unpaired) electrons. The van der Waals surface area contributed by atoms with Gasteiger partial charge in [-0.25, -0.2) is 0 Å². The van der Waals surface area contributed by atoms with E-state index in [1.165, 1.54) is 5.56 Å². The van der Waals surface area contributed by atoms with Crippen molar-refractivity contribution in [2.75, 3.05) is 5.32 Å². The fraction of sp³-hybridized carbons (Fsp3) is 0.133. The van der Waals surface area contributed by atoms with Gasteiger partial charge in [-0.05, 0) is 66.3 Å². The molecule has 1 amide bonds. The second-order valence-corrected chi connectivity index (χ2v) is 6.05. The van der Waals surface area contributed by atoms with Crippen molar-refractivity contribution in [3.8, 4) is 0 Å². The SMILES string of the molecule is Cc1ccc(NC(=O)c2cc(I)ccc2Cl)c(C)c1. The summed E-state index contributed by atoms with van der Waals surface area (Å²) < 4.78 is 0.979. The van der Waals surface area contributed by atoms with Crippen molar-refractivity contribution in [3.05, 3.63) is 61.7 Å². The third-order valence-corrected chi connectivity index (χ3v) is 3.80. The normalized spacial score (nSPS) is 10.3. The molecule has 0 bridgehead atoms. The molecule has 0 atom stereocenters. The summed E-state index contributed by atoms with van der Waals surface area (Å²) in [6.07, 6.45) is 0. The molecule has 0 fully saturated rings. The number of halogens is 2.